The van der Waals surface area contributed by atoms with Crippen LogP contribution in [0.5, 0.6) is 5.75 Å². The number of anilines is 2. The van der Waals surface area contributed by atoms with Gasteiger partial charge in [-0.25, -0.2) is 0 Å². The van der Waals surface area contributed by atoms with E-state index in [-0.39, 0.29) is 17.3 Å². The number of carbonyl (C=O) groups excluding carboxylic acids is 1. The zero-order valence-corrected chi connectivity index (χ0v) is 13.6. The maximum absolute atomic E-state index is 12.5. The minimum Gasteiger partial charge on any atom is -0.497 e. The highest BCUT2D eigenvalue weighted by molar-refractivity contribution is 5.98. The number of H-pyrrole nitrogens is 1. The third kappa shape index (κ3) is 2.54. The highest BCUT2D eigenvalue weighted by Crippen LogP contribution is 2.39. The Bertz CT molecular complexity index is 897. The molecule has 0 saturated heterocycles. The molecule has 3 rings (SSSR count). The summed E-state index contributed by atoms with van der Waals surface area (Å²) in [6.07, 6.45) is 0. The van der Waals surface area contributed by atoms with Crippen LogP contribution in [0.25, 0.3) is 0 Å². The molecule has 1 aliphatic rings. The van der Waals surface area contributed by atoms with Crippen molar-refractivity contribution in [2.75, 3.05) is 18.2 Å². The molecule has 24 heavy (non-hydrogen) atoms. The van der Waals surface area contributed by atoms with Crippen LogP contribution >= 0.6 is 0 Å². The molecule has 0 spiro atoms. The number of benzene rings is 1. The van der Waals surface area contributed by atoms with E-state index in [4.69, 9.17) is 10.5 Å². The van der Waals surface area contributed by atoms with Crippen molar-refractivity contribution >= 4 is 17.5 Å². The van der Waals surface area contributed by atoms with Crippen molar-refractivity contribution in [1.29, 1.82) is 0 Å². The van der Waals surface area contributed by atoms with Gasteiger partial charge in [0.15, 0.2) is 5.78 Å². The fourth-order valence-corrected chi connectivity index (χ4v) is 3.07. The van der Waals surface area contributed by atoms with Gasteiger partial charge in [-0.05, 0) is 31.5 Å². The summed E-state index contributed by atoms with van der Waals surface area (Å²) in [5.41, 5.74) is 7.65. The fraction of sp³-hybridized carbons (Fsp3) is 0.235. The number of aromatic nitrogens is 2. The molecule has 0 saturated carbocycles. The normalized spacial score (nSPS) is 16.4. The highest BCUT2D eigenvalue weighted by Gasteiger charge is 2.33. The second kappa shape index (κ2) is 5.84. The molecule has 124 valence electrons. The zero-order valence-electron chi connectivity index (χ0n) is 13.6. The number of ketones is 1. The molecule has 1 atom stereocenters. The van der Waals surface area contributed by atoms with Gasteiger partial charge in [-0.2, -0.15) is 4.98 Å². The Hall–Kier alpha value is -3.09. The van der Waals surface area contributed by atoms with E-state index in [1.54, 1.807) is 26.2 Å². The molecule has 0 aliphatic carbocycles. The lowest BCUT2D eigenvalue weighted by Gasteiger charge is -2.28. The van der Waals surface area contributed by atoms with Crippen LogP contribution in [0.15, 0.2) is 40.3 Å². The number of nitrogen functional groups attached to an aromatic ring is 1. The molecule has 1 aromatic heterocycles. The Morgan fingerprint density at radius 1 is 1.29 bits per heavy atom. The van der Waals surface area contributed by atoms with Gasteiger partial charge in [0.1, 0.15) is 11.6 Å². The molecule has 1 unspecified atom stereocenters. The van der Waals surface area contributed by atoms with E-state index in [9.17, 15) is 9.59 Å². The molecule has 2 heterocycles. The first-order valence-electron chi connectivity index (χ1n) is 7.44. The molecular weight excluding hydrogens is 308 g/mol. The predicted molar refractivity (Wildman–Crippen MR) is 91.1 cm³/mol. The van der Waals surface area contributed by atoms with Crippen molar-refractivity contribution in [1.82, 2.24) is 9.97 Å². The molecule has 4 N–H and O–H groups in total. The number of ether oxygens (including phenoxy) is 1. The lowest BCUT2D eigenvalue weighted by atomic mass is 9.81. The van der Waals surface area contributed by atoms with Gasteiger partial charge in [0.25, 0.3) is 5.56 Å². The third-order valence-corrected chi connectivity index (χ3v) is 4.09. The number of nitrogens with one attached hydrogen (secondary N) is 2. The molecule has 0 bridgehead atoms. The number of nitrogens with two attached hydrogens (primary N) is 1. The standard InChI is InChI=1S/C17H18N4O3/c1-8-12(9(2)22)13(10-4-6-11(24-3)7-5-10)14-15(19-8)20-17(18)21-16(14)23/h4-7,13H,1-3H3,(H4,18,19,20,21,23). The van der Waals surface area contributed by atoms with E-state index >= 15 is 0 Å². The third-order valence-electron chi connectivity index (χ3n) is 4.09. The second-order valence-electron chi connectivity index (χ2n) is 5.64. The summed E-state index contributed by atoms with van der Waals surface area (Å²) in [7, 11) is 1.58. The van der Waals surface area contributed by atoms with Crippen molar-refractivity contribution in [3.63, 3.8) is 0 Å². The van der Waals surface area contributed by atoms with Gasteiger partial charge in [-0.15, -0.1) is 0 Å². The number of hydrogen-bond acceptors (Lipinski definition) is 6. The molecule has 0 radical (unpaired) electrons. The summed E-state index contributed by atoms with van der Waals surface area (Å²) in [5, 5.41) is 3.02. The van der Waals surface area contributed by atoms with Crippen molar-refractivity contribution in [2.45, 2.75) is 19.8 Å². The summed E-state index contributed by atoms with van der Waals surface area (Å²) >= 11 is 0. The first kappa shape index (κ1) is 15.8. The van der Waals surface area contributed by atoms with Crippen molar-refractivity contribution in [3.05, 3.63) is 57.0 Å². The van der Waals surface area contributed by atoms with E-state index in [2.05, 4.69) is 15.3 Å². The van der Waals surface area contributed by atoms with Crippen LogP contribution < -0.4 is 21.3 Å². The van der Waals surface area contributed by atoms with Crippen LogP contribution in [0.2, 0.25) is 0 Å². The summed E-state index contributed by atoms with van der Waals surface area (Å²) in [6, 6.07) is 7.27. The molecule has 7 nitrogen and oxygen atoms in total. The number of nitrogens with zero attached hydrogens (tertiary/aromatic N) is 1. The van der Waals surface area contributed by atoms with Crippen LogP contribution in [0, 0.1) is 0 Å². The summed E-state index contributed by atoms with van der Waals surface area (Å²) in [5.74, 6) is 0.477. The Balaban J connectivity index is 2.26. The van der Waals surface area contributed by atoms with Gasteiger partial charge in [-0.1, -0.05) is 12.1 Å². The average molecular weight is 326 g/mol. The molecule has 2 aromatic rings. The maximum atomic E-state index is 12.5. The number of carbonyl (C=O) groups is 1. The number of rotatable bonds is 3. The zero-order chi connectivity index (χ0) is 17.4. The monoisotopic (exact) mass is 326 g/mol. The second-order valence-corrected chi connectivity index (χ2v) is 5.64. The SMILES string of the molecule is COc1ccc(C2C(C(C)=O)=C(C)Nc3nc(N)[nH]c(=O)c32)cc1. The first-order chi connectivity index (χ1) is 11.4. The maximum Gasteiger partial charge on any atom is 0.258 e. The largest absolute Gasteiger partial charge is 0.497 e. The van der Waals surface area contributed by atoms with E-state index in [0.717, 1.165) is 5.56 Å². The van der Waals surface area contributed by atoms with Crippen LogP contribution in [0.4, 0.5) is 11.8 Å². The van der Waals surface area contributed by atoms with E-state index in [1.165, 1.54) is 6.92 Å². The molecule has 1 aliphatic heterocycles. The minimum atomic E-state index is -0.512. The van der Waals surface area contributed by atoms with Crippen LogP contribution in [0.3, 0.4) is 0 Å². The van der Waals surface area contributed by atoms with Crippen LogP contribution in [-0.2, 0) is 4.79 Å². The van der Waals surface area contributed by atoms with Gasteiger partial charge in [-0.3, -0.25) is 14.6 Å². The Kier molecular flexibility index (Phi) is 3.84. The van der Waals surface area contributed by atoms with Gasteiger partial charge in [0, 0.05) is 17.2 Å². The summed E-state index contributed by atoms with van der Waals surface area (Å²) in [4.78, 5) is 31.4. The average Bonchev–Trinajstić information content (AvgIpc) is 2.53. The van der Waals surface area contributed by atoms with Crippen molar-refractivity contribution in [3.8, 4) is 5.75 Å². The molecule has 0 fully saturated rings. The van der Waals surface area contributed by atoms with Gasteiger partial charge < -0.3 is 15.8 Å². The van der Waals surface area contributed by atoms with E-state index < -0.39 is 5.92 Å². The van der Waals surface area contributed by atoms with Gasteiger partial charge >= 0.3 is 0 Å². The van der Waals surface area contributed by atoms with Crippen molar-refractivity contribution < 1.29 is 9.53 Å². The minimum absolute atomic E-state index is 0.0267. The molecule has 0 amide bonds. The quantitative estimate of drug-likeness (QED) is 0.793. The summed E-state index contributed by atoms with van der Waals surface area (Å²) < 4.78 is 5.17. The number of Topliss-reactive ketones (excluding diaryl/α,β-unsaturated/α-hetero) is 1. The lowest BCUT2D eigenvalue weighted by molar-refractivity contribution is -0.113. The smallest absolute Gasteiger partial charge is 0.258 e. The molecular formula is C17H18N4O3. The Morgan fingerprint density at radius 3 is 2.54 bits per heavy atom. The van der Waals surface area contributed by atoms with E-state index in [1.807, 2.05) is 12.1 Å². The number of methoxy groups -OCH3 is 1. The van der Waals surface area contributed by atoms with Gasteiger partial charge in [0.05, 0.1) is 12.7 Å². The fourth-order valence-electron chi connectivity index (χ4n) is 3.07. The number of hydrogen-bond donors (Lipinski definition) is 3. The highest BCUT2D eigenvalue weighted by atomic mass is 16.5. The molecule has 7 heteroatoms. The number of allylic oxidation sites excluding steroid dienone is 2. The first-order valence-corrected chi connectivity index (χ1v) is 7.44. The topological polar surface area (TPSA) is 110 Å². The van der Waals surface area contributed by atoms with Crippen LogP contribution in [-0.4, -0.2) is 22.9 Å². The number of fused-ring (bicyclic) bond motifs is 1. The Labute approximate surface area is 138 Å². The molecule has 1 aromatic carbocycles. The predicted octanol–water partition coefficient (Wildman–Crippen LogP) is 1.78. The van der Waals surface area contributed by atoms with Crippen molar-refractivity contribution in [2.24, 2.45) is 0 Å². The lowest BCUT2D eigenvalue weighted by Crippen LogP contribution is -2.30. The van der Waals surface area contributed by atoms with Crippen LogP contribution in [0.1, 0.15) is 30.9 Å². The summed E-state index contributed by atoms with van der Waals surface area (Å²) in [6.45, 7) is 3.27. The van der Waals surface area contributed by atoms with E-state index in [0.29, 0.717) is 28.4 Å². The van der Waals surface area contributed by atoms with Gasteiger partial charge in [0.2, 0.25) is 5.95 Å². The Morgan fingerprint density at radius 2 is 1.96 bits per heavy atom. The number of aromatic amines is 1.